The summed E-state index contributed by atoms with van der Waals surface area (Å²) in [5, 5.41) is 18.6. The molecular formula is C27H37BN6O3. The van der Waals surface area contributed by atoms with Gasteiger partial charge in [-0.3, -0.25) is 9.48 Å². The average molecular weight is 504 g/mol. The van der Waals surface area contributed by atoms with Gasteiger partial charge in [0, 0.05) is 43.0 Å². The number of nitrogens with one attached hydrogen (secondary N) is 1. The molecule has 3 aromatic rings. The minimum Gasteiger partial charge on any atom is -0.494 e. The van der Waals surface area contributed by atoms with E-state index in [4.69, 9.17) is 9.84 Å². The highest BCUT2D eigenvalue weighted by molar-refractivity contribution is 6.45. The van der Waals surface area contributed by atoms with Crippen molar-refractivity contribution in [2.45, 2.75) is 45.5 Å². The van der Waals surface area contributed by atoms with E-state index in [9.17, 15) is 9.82 Å². The molecule has 2 saturated heterocycles. The van der Waals surface area contributed by atoms with Crippen molar-refractivity contribution in [1.82, 2.24) is 24.5 Å². The highest BCUT2D eigenvalue weighted by atomic mass is 16.5. The quantitative estimate of drug-likeness (QED) is 0.476. The van der Waals surface area contributed by atoms with Gasteiger partial charge in [0.25, 0.3) is 5.91 Å². The highest BCUT2D eigenvalue weighted by Crippen LogP contribution is 2.32. The average Bonchev–Trinajstić information content (AvgIpc) is 3.32. The molecule has 5 rings (SSSR count). The van der Waals surface area contributed by atoms with Crippen molar-refractivity contribution in [3.63, 3.8) is 0 Å². The molecule has 9 nitrogen and oxygen atoms in total. The number of methoxy groups -OCH3 is 1. The fraction of sp³-hybridized carbons (Fsp3) is 0.519. The van der Waals surface area contributed by atoms with Gasteiger partial charge in [0.1, 0.15) is 11.4 Å². The molecule has 4 heterocycles. The van der Waals surface area contributed by atoms with E-state index in [1.807, 2.05) is 38.0 Å². The number of aryl methyl sites for hydroxylation is 1. The van der Waals surface area contributed by atoms with E-state index in [1.165, 1.54) is 0 Å². The van der Waals surface area contributed by atoms with E-state index in [2.05, 4.69) is 30.9 Å². The molecule has 0 bridgehead atoms. The Hall–Kier alpha value is -2.95. The van der Waals surface area contributed by atoms with Gasteiger partial charge in [-0.1, -0.05) is 6.07 Å². The number of ether oxygens (including phenoxy) is 1. The Morgan fingerprint density at radius 1 is 1.16 bits per heavy atom. The molecule has 0 saturated carbocycles. The zero-order chi connectivity index (χ0) is 25.9. The van der Waals surface area contributed by atoms with Crippen LogP contribution in [0.3, 0.4) is 0 Å². The van der Waals surface area contributed by atoms with Gasteiger partial charge in [-0.2, -0.15) is 5.10 Å². The Morgan fingerprint density at radius 2 is 1.92 bits per heavy atom. The summed E-state index contributed by atoms with van der Waals surface area (Å²) < 4.78 is 7.66. The predicted molar refractivity (Wildman–Crippen MR) is 146 cm³/mol. The topological polar surface area (TPSA) is 95.8 Å². The molecule has 0 radical (unpaired) electrons. The number of piperidine rings is 2. The molecular weight excluding hydrogens is 467 g/mol. The lowest BCUT2D eigenvalue weighted by molar-refractivity contribution is 0.102. The van der Waals surface area contributed by atoms with Crippen LogP contribution in [0.25, 0.3) is 10.9 Å². The fourth-order valence-electron chi connectivity index (χ4n) is 5.62. The van der Waals surface area contributed by atoms with E-state index in [-0.39, 0.29) is 13.0 Å². The zero-order valence-electron chi connectivity index (χ0n) is 22.1. The molecule has 1 amide bonds. The van der Waals surface area contributed by atoms with Crippen molar-refractivity contribution in [1.29, 1.82) is 0 Å². The summed E-state index contributed by atoms with van der Waals surface area (Å²) in [5.41, 5.74) is 2.64. The van der Waals surface area contributed by atoms with Crippen LogP contribution in [0.2, 0.25) is 6.82 Å². The maximum atomic E-state index is 12.8. The molecule has 0 spiro atoms. The molecule has 10 heteroatoms. The van der Waals surface area contributed by atoms with E-state index in [1.54, 1.807) is 13.2 Å². The van der Waals surface area contributed by atoms with Gasteiger partial charge < -0.3 is 24.8 Å². The lowest BCUT2D eigenvalue weighted by Crippen LogP contribution is -2.46. The SMILES string of the molecule is COc1cc2nn(C3CCN(CC4CCN(B(C)O)CC4)CC3)cc2cc1NC(=O)c1cccc(C)n1. The molecule has 0 unspecified atom stereocenters. The standard InChI is InChI=1S/C27H37BN6O3/c1-19-5-4-6-23(29-19)27(35)30-25-15-21-18-34(31-24(21)16-26(25)37-3)22-9-11-32(12-10-22)17-20-7-13-33(14-8-20)28(2)36/h4-6,15-16,18,20,22,36H,7-14,17H2,1-3H3,(H,30,35). The van der Waals surface area contributed by atoms with Gasteiger partial charge in [-0.05, 0) is 76.6 Å². The number of hydrogen-bond donors (Lipinski definition) is 2. The van der Waals surface area contributed by atoms with Crippen molar-refractivity contribution in [3.05, 3.63) is 47.9 Å². The first-order valence-corrected chi connectivity index (χ1v) is 13.4. The molecule has 37 heavy (non-hydrogen) atoms. The molecule has 2 aliphatic rings. The second-order valence-corrected chi connectivity index (χ2v) is 10.5. The van der Waals surface area contributed by atoms with Gasteiger partial charge in [-0.15, -0.1) is 0 Å². The van der Waals surface area contributed by atoms with Gasteiger partial charge in [0.2, 0.25) is 0 Å². The van der Waals surface area contributed by atoms with Crippen LogP contribution >= 0.6 is 0 Å². The molecule has 196 valence electrons. The first-order valence-electron chi connectivity index (χ1n) is 13.4. The Balaban J connectivity index is 1.21. The van der Waals surface area contributed by atoms with Gasteiger partial charge in [0.15, 0.2) is 0 Å². The number of rotatable bonds is 7. The lowest BCUT2D eigenvalue weighted by Gasteiger charge is -2.38. The number of likely N-dealkylation sites (tertiary alicyclic amines) is 1. The van der Waals surface area contributed by atoms with Crippen molar-refractivity contribution >= 4 is 29.5 Å². The number of carbonyl (C=O) groups is 1. The second kappa shape index (κ2) is 11.2. The molecule has 2 fully saturated rings. The number of aromatic nitrogens is 3. The van der Waals surface area contributed by atoms with E-state index in [0.29, 0.717) is 23.2 Å². The zero-order valence-corrected chi connectivity index (χ0v) is 22.1. The summed E-state index contributed by atoms with van der Waals surface area (Å²) in [5.74, 6) is 1.03. The second-order valence-electron chi connectivity index (χ2n) is 10.5. The summed E-state index contributed by atoms with van der Waals surface area (Å²) in [6, 6.07) is 9.58. The van der Waals surface area contributed by atoms with Crippen LogP contribution in [0, 0.1) is 12.8 Å². The number of carbonyl (C=O) groups excluding carboxylic acids is 1. The Bertz CT molecular complexity index is 1230. The molecule has 2 aromatic heterocycles. The first-order chi connectivity index (χ1) is 17.9. The van der Waals surface area contributed by atoms with Crippen LogP contribution in [-0.2, 0) is 0 Å². The maximum Gasteiger partial charge on any atom is 0.376 e. The smallest absolute Gasteiger partial charge is 0.376 e. The van der Waals surface area contributed by atoms with E-state index >= 15 is 0 Å². The molecule has 0 atom stereocenters. The summed E-state index contributed by atoms with van der Waals surface area (Å²) in [4.78, 5) is 21.9. The summed E-state index contributed by atoms with van der Waals surface area (Å²) in [6.07, 6.45) is 6.55. The van der Waals surface area contributed by atoms with Gasteiger partial charge >= 0.3 is 7.05 Å². The van der Waals surface area contributed by atoms with Gasteiger partial charge in [-0.25, -0.2) is 4.98 Å². The number of benzene rings is 1. The fourth-order valence-corrected chi connectivity index (χ4v) is 5.62. The van der Waals surface area contributed by atoms with Crippen molar-refractivity contribution in [2.24, 2.45) is 5.92 Å². The maximum absolute atomic E-state index is 12.8. The van der Waals surface area contributed by atoms with E-state index in [0.717, 1.165) is 80.9 Å². The number of fused-ring (bicyclic) bond motifs is 1. The highest BCUT2D eigenvalue weighted by Gasteiger charge is 2.28. The minimum atomic E-state index is -0.335. The third kappa shape index (κ3) is 5.97. The largest absolute Gasteiger partial charge is 0.494 e. The molecule has 0 aliphatic carbocycles. The number of anilines is 1. The van der Waals surface area contributed by atoms with Crippen LogP contribution in [0.15, 0.2) is 36.5 Å². The third-order valence-electron chi connectivity index (χ3n) is 7.84. The van der Waals surface area contributed by atoms with E-state index < -0.39 is 0 Å². The Kier molecular flexibility index (Phi) is 7.78. The molecule has 2 N–H and O–H groups in total. The van der Waals surface area contributed by atoms with Crippen LogP contribution in [-0.4, -0.2) is 82.3 Å². The number of nitrogens with zero attached hydrogens (tertiary/aromatic N) is 5. The van der Waals surface area contributed by atoms with Crippen molar-refractivity contribution in [3.8, 4) is 5.75 Å². The predicted octanol–water partition coefficient (Wildman–Crippen LogP) is 3.46. The molecule has 1 aromatic carbocycles. The lowest BCUT2D eigenvalue weighted by atomic mass is 9.81. The summed E-state index contributed by atoms with van der Waals surface area (Å²) in [6.45, 7) is 9.01. The third-order valence-corrected chi connectivity index (χ3v) is 7.84. The van der Waals surface area contributed by atoms with Crippen LogP contribution in [0.5, 0.6) is 5.75 Å². The molecule has 2 aliphatic heterocycles. The number of amides is 1. The number of pyridine rings is 1. The normalized spacial score (nSPS) is 18.3. The monoisotopic (exact) mass is 504 g/mol. The minimum absolute atomic E-state index is 0.266. The summed E-state index contributed by atoms with van der Waals surface area (Å²) in [7, 11) is 1.27. The van der Waals surface area contributed by atoms with Gasteiger partial charge in [0.05, 0.1) is 24.4 Å². The van der Waals surface area contributed by atoms with Crippen LogP contribution in [0.1, 0.15) is 47.9 Å². The Labute approximate surface area is 218 Å². The summed E-state index contributed by atoms with van der Waals surface area (Å²) >= 11 is 0. The Morgan fingerprint density at radius 3 is 2.59 bits per heavy atom. The number of hydrogen-bond acceptors (Lipinski definition) is 7. The van der Waals surface area contributed by atoms with Crippen molar-refractivity contribution in [2.75, 3.05) is 45.2 Å². The van der Waals surface area contributed by atoms with Crippen LogP contribution in [0.4, 0.5) is 5.69 Å². The van der Waals surface area contributed by atoms with Crippen molar-refractivity contribution < 1.29 is 14.6 Å². The van der Waals surface area contributed by atoms with Crippen LogP contribution < -0.4 is 10.1 Å². The first kappa shape index (κ1) is 25.7.